The number of rotatable bonds is 16. The van der Waals surface area contributed by atoms with E-state index in [9.17, 15) is 33.9 Å². The zero-order valence-electron chi connectivity index (χ0n) is 25.1. The van der Waals surface area contributed by atoms with Gasteiger partial charge < -0.3 is 36.2 Å². The highest BCUT2D eigenvalue weighted by Gasteiger charge is 2.38. The summed E-state index contributed by atoms with van der Waals surface area (Å²) in [4.78, 5) is 81.0. The lowest BCUT2D eigenvalue weighted by atomic mass is 10.0. The van der Waals surface area contributed by atoms with Crippen molar-refractivity contribution in [1.29, 1.82) is 0 Å². The number of nitrogens with one attached hydrogen (secondary N) is 2. The van der Waals surface area contributed by atoms with Crippen LogP contribution in [0.1, 0.15) is 52.0 Å². The molecule has 1 fully saturated rings. The minimum Gasteiger partial charge on any atom is -0.508 e. The maximum absolute atomic E-state index is 13.6. The number of hydrogen-bond acceptors (Lipinski definition) is 8. The highest BCUT2D eigenvalue weighted by molar-refractivity contribution is 7.80. The van der Waals surface area contributed by atoms with Gasteiger partial charge in [-0.1, -0.05) is 26.0 Å². The number of aromatic hydroxyl groups is 1. The third kappa shape index (κ3) is 10.8. The Balaban J connectivity index is 2.18. The fourth-order valence-electron chi connectivity index (χ4n) is 5.01. The SMILES string of the molecule is CCCN(CC(=O)N1CCC[C@H]1C(=O)N(CCC)CC(=O)N[C@@H](CS)C(N)=O)C(=O)[C@H](Cc1ccc(O)cc1)NC(C)=O. The fourth-order valence-corrected chi connectivity index (χ4v) is 5.29. The van der Waals surface area contributed by atoms with E-state index in [1.165, 1.54) is 33.8 Å². The molecule has 5 N–H and O–H groups in total. The Labute approximate surface area is 257 Å². The molecular formula is C29H44N6O7S. The quantitative estimate of drug-likeness (QED) is 0.159. The van der Waals surface area contributed by atoms with Crippen molar-refractivity contribution in [2.75, 3.05) is 38.5 Å². The molecule has 43 heavy (non-hydrogen) atoms. The smallest absolute Gasteiger partial charge is 0.245 e. The molecule has 0 saturated carbocycles. The van der Waals surface area contributed by atoms with Crippen LogP contribution in [0.3, 0.4) is 0 Å². The molecule has 1 aliphatic heterocycles. The van der Waals surface area contributed by atoms with Crippen LogP contribution < -0.4 is 16.4 Å². The minimum absolute atomic E-state index is 0.0123. The van der Waals surface area contributed by atoms with E-state index in [-0.39, 0.29) is 50.0 Å². The largest absolute Gasteiger partial charge is 0.508 e. The molecule has 1 aliphatic rings. The second-order valence-corrected chi connectivity index (χ2v) is 11.0. The zero-order chi connectivity index (χ0) is 32.1. The molecule has 0 radical (unpaired) electrons. The molecular weight excluding hydrogens is 576 g/mol. The van der Waals surface area contributed by atoms with Crippen LogP contribution in [0.4, 0.5) is 0 Å². The first-order valence-electron chi connectivity index (χ1n) is 14.5. The Bertz CT molecular complexity index is 1150. The van der Waals surface area contributed by atoms with Gasteiger partial charge >= 0.3 is 0 Å². The third-order valence-corrected chi connectivity index (χ3v) is 7.41. The van der Waals surface area contributed by atoms with Gasteiger partial charge in [0.15, 0.2) is 0 Å². The lowest BCUT2D eigenvalue weighted by Crippen LogP contribution is -2.55. The van der Waals surface area contributed by atoms with Crippen molar-refractivity contribution in [2.45, 2.75) is 71.0 Å². The van der Waals surface area contributed by atoms with Crippen LogP contribution in [-0.4, -0.2) is 112 Å². The lowest BCUT2D eigenvalue weighted by Gasteiger charge is -2.32. The summed E-state index contributed by atoms with van der Waals surface area (Å²) in [6.45, 7) is 5.29. The third-order valence-electron chi connectivity index (χ3n) is 7.04. The monoisotopic (exact) mass is 620 g/mol. The van der Waals surface area contributed by atoms with Crippen molar-refractivity contribution in [2.24, 2.45) is 5.73 Å². The number of amides is 6. The summed E-state index contributed by atoms with van der Waals surface area (Å²) in [6.07, 6.45) is 2.27. The first-order chi connectivity index (χ1) is 20.4. The van der Waals surface area contributed by atoms with Gasteiger partial charge in [0.1, 0.15) is 23.9 Å². The molecule has 1 aromatic carbocycles. The standard InChI is InChI=1S/C29H44N6O7S/c1-4-12-33(16-25(38)32-23(18-43)27(30)40)29(42)24-7-6-14-35(24)26(39)17-34(13-5-2)28(41)22(31-19(3)36)15-20-8-10-21(37)11-9-20/h8-11,22-24,37,43H,4-7,12-18H2,1-3H3,(H2,30,40)(H,31,36)(H,32,38)/t22-,23-,24-/m0/s1. The number of nitrogens with zero attached hydrogens (tertiary/aromatic N) is 3. The molecule has 0 spiro atoms. The van der Waals surface area contributed by atoms with Crippen molar-refractivity contribution in [3.05, 3.63) is 29.8 Å². The number of thiol groups is 1. The van der Waals surface area contributed by atoms with Crippen LogP contribution in [0.15, 0.2) is 24.3 Å². The van der Waals surface area contributed by atoms with E-state index in [1.54, 1.807) is 12.1 Å². The molecule has 6 amide bonds. The molecule has 1 heterocycles. The average Bonchev–Trinajstić information content (AvgIpc) is 3.45. The molecule has 238 valence electrons. The highest BCUT2D eigenvalue weighted by Crippen LogP contribution is 2.21. The van der Waals surface area contributed by atoms with Gasteiger partial charge in [-0.3, -0.25) is 28.8 Å². The van der Waals surface area contributed by atoms with Gasteiger partial charge in [-0.25, -0.2) is 0 Å². The molecule has 2 rings (SSSR count). The van der Waals surface area contributed by atoms with E-state index in [4.69, 9.17) is 5.73 Å². The summed E-state index contributed by atoms with van der Waals surface area (Å²) in [6, 6.07) is 3.58. The van der Waals surface area contributed by atoms with Gasteiger partial charge in [-0.05, 0) is 43.4 Å². The van der Waals surface area contributed by atoms with Crippen LogP contribution >= 0.6 is 12.6 Å². The van der Waals surface area contributed by atoms with Gasteiger partial charge in [0.25, 0.3) is 0 Å². The number of primary amides is 1. The van der Waals surface area contributed by atoms with E-state index < -0.39 is 47.7 Å². The van der Waals surface area contributed by atoms with Crippen molar-refractivity contribution >= 4 is 48.1 Å². The van der Waals surface area contributed by atoms with Gasteiger partial charge in [0, 0.05) is 38.7 Å². The number of benzene rings is 1. The normalized spacial score (nSPS) is 15.7. The van der Waals surface area contributed by atoms with Crippen LogP contribution in [0, 0.1) is 0 Å². The van der Waals surface area contributed by atoms with Crippen molar-refractivity contribution in [3.63, 3.8) is 0 Å². The van der Waals surface area contributed by atoms with Crippen molar-refractivity contribution in [1.82, 2.24) is 25.3 Å². The second kappa shape index (κ2) is 17.3. The maximum Gasteiger partial charge on any atom is 0.245 e. The summed E-state index contributed by atoms with van der Waals surface area (Å²) >= 11 is 4.02. The van der Waals surface area contributed by atoms with Crippen molar-refractivity contribution in [3.8, 4) is 5.75 Å². The molecule has 1 aromatic rings. The first-order valence-corrected chi connectivity index (χ1v) is 15.2. The summed E-state index contributed by atoms with van der Waals surface area (Å²) in [5.41, 5.74) is 6.00. The topological polar surface area (TPSA) is 182 Å². The number of likely N-dealkylation sites (tertiary alicyclic amines) is 1. The first kappa shape index (κ1) is 35.4. The average molecular weight is 621 g/mol. The predicted molar refractivity (Wildman–Crippen MR) is 163 cm³/mol. The van der Waals surface area contributed by atoms with Crippen LogP contribution in [0.5, 0.6) is 5.75 Å². The van der Waals surface area contributed by atoms with Gasteiger partial charge in [-0.15, -0.1) is 0 Å². The number of phenols is 1. The Morgan fingerprint density at radius 2 is 1.63 bits per heavy atom. The summed E-state index contributed by atoms with van der Waals surface area (Å²) < 4.78 is 0. The Hall–Kier alpha value is -3.81. The Kier molecular flexibility index (Phi) is 14.3. The van der Waals surface area contributed by atoms with E-state index in [0.29, 0.717) is 32.2 Å². The summed E-state index contributed by atoms with van der Waals surface area (Å²) in [7, 11) is 0. The van der Waals surface area contributed by atoms with Gasteiger partial charge in [0.05, 0.1) is 13.1 Å². The van der Waals surface area contributed by atoms with E-state index >= 15 is 0 Å². The van der Waals surface area contributed by atoms with Gasteiger partial charge in [-0.2, -0.15) is 12.6 Å². The molecule has 13 nitrogen and oxygen atoms in total. The van der Waals surface area contributed by atoms with Gasteiger partial charge in [0.2, 0.25) is 35.4 Å². The molecule has 3 atom stereocenters. The predicted octanol–water partition coefficient (Wildman–Crippen LogP) is -0.192. The molecule has 0 bridgehead atoms. The summed E-state index contributed by atoms with van der Waals surface area (Å²) in [5.74, 6) is -2.84. The molecule has 0 unspecified atom stereocenters. The molecule has 0 aliphatic carbocycles. The number of phenolic OH excluding ortho intramolecular Hbond substituents is 1. The maximum atomic E-state index is 13.6. The van der Waals surface area contributed by atoms with E-state index in [2.05, 4.69) is 23.3 Å². The lowest BCUT2D eigenvalue weighted by molar-refractivity contribution is -0.148. The van der Waals surface area contributed by atoms with E-state index in [0.717, 1.165) is 5.56 Å². The number of nitrogens with two attached hydrogens (primary N) is 1. The number of hydrogen-bond donors (Lipinski definition) is 5. The number of carbonyl (C=O) groups is 6. The van der Waals surface area contributed by atoms with Crippen LogP contribution in [-0.2, 0) is 35.2 Å². The Morgan fingerprint density at radius 1 is 1.00 bits per heavy atom. The van der Waals surface area contributed by atoms with E-state index in [1.807, 2.05) is 13.8 Å². The van der Waals surface area contributed by atoms with Crippen LogP contribution in [0.2, 0.25) is 0 Å². The second-order valence-electron chi connectivity index (χ2n) is 10.6. The molecule has 14 heteroatoms. The summed E-state index contributed by atoms with van der Waals surface area (Å²) in [5, 5.41) is 14.7. The van der Waals surface area contributed by atoms with Crippen LogP contribution in [0.25, 0.3) is 0 Å². The fraction of sp³-hybridized carbons (Fsp3) is 0.586. The molecule has 1 saturated heterocycles. The zero-order valence-corrected chi connectivity index (χ0v) is 26.0. The highest BCUT2D eigenvalue weighted by atomic mass is 32.1. The van der Waals surface area contributed by atoms with Crippen molar-refractivity contribution < 1.29 is 33.9 Å². The molecule has 0 aromatic heterocycles. The number of carbonyl (C=O) groups excluding carboxylic acids is 6. The minimum atomic E-state index is -0.976. The Morgan fingerprint density at radius 3 is 2.19 bits per heavy atom.